The third-order valence-electron chi connectivity index (χ3n) is 4.71. The minimum atomic E-state index is -0.0680. The Morgan fingerprint density at radius 1 is 1.05 bits per heavy atom. The fourth-order valence-corrected chi connectivity index (χ4v) is 3.39. The van der Waals surface area contributed by atoms with Crippen LogP contribution >= 0.6 is 0 Å². The topological polar surface area (TPSA) is 68.2 Å². The molecule has 2 aliphatic rings. The average molecular weight is 264 g/mol. The smallest absolute Gasteiger partial charge is 0.266 e. The van der Waals surface area contributed by atoms with Crippen LogP contribution in [-0.4, -0.2) is 29.8 Å². The van der Waals surface area contributed by atoms with Crippen LogP contribution in [0.25, 0.3) is 0 Å². The number of anilines is 1. The molecule has 1 aliphatic heterocycles. The molecular formula is C14H24N4O. The Morgan fingerprint density at radius 3 is 2.37 bits per heavy atom. The first-order valence-electron chi connectivity index (χ1n) is 7.63. The molecule has 1 saturated heterocycles. The van der Waals surface area contributed by atoms with E-state index in [0.717, 1.165) is 37.8 Å². The predicted octanol–water partition coefficient (Wildman–Crippen LogP) is 2.22. The molecule has 1 aliphatic carbocycles. The van der Waals surface area contributed by atoms with Crippen LogP contribution in [-0.2, 0) is 5.41 Å². The fraction of sp³-hybridized carbons (Fsp3) is 0.857. The molecule has 0 atom stereocenters. The molecule has 2 N–H and O–H groups in total. The van der Waals surface area contributed by atoms with Crippen LogP contribution in [0.1, 0.15) is 57.3 Å². The van der Waals surface area contributed by atoms with Crippen molar-refractivity contribution in [3.8, 4) is 0 Å². The van der Waals surface area contributed by atoms with Gasteiger partial charge >= 0.3 is 0 Å². The van der Waals surface area contributed by atoms with Gasteiger partial charge in [-0.3, -0.25) is 0 Å². The molecule has 1 aromatic rings. The second-order valence-electron chi connectivity index (χ2n) is 5.99. The first-order valence-corrected chi connectivity index (χ1v) is 7.63. The van der Waals surface area contributed by atoms with E-state index in [9.17, 15) is 0 Å². The summed E-state index contributed by atoms with van der Waals surface area (Å²) in [5.41, 5.74) is 5.99. The van der Waals surface area contributed by atoms with Gasteiger partial charge in [0.25, 0.3) is 5.95 Å². The van der Waals surface area contributed by atoms with Crippen molar-refractivity contribution in [3.63, 3.8) is 0 Å². The molecule has 3 rings (SSSR count). The summed E-state index contributed by atoms with van der Waals surface area (Å²) in [6, 6.07) is 0. The third-order valence-corrected chi connectivity index (χ3v) is 4.71. The van der Waals surface area contributed by atoms with Crippen LogP contribution in [0.5, 0.6) is 0 Å². The van der Waals surface area contributed by atoms with Crippen LogP contribution in [0.4, 0.5) is 5.95 Å². The van der Waals surface area contributed by atoms with Crippen molar-refractivity contribution < 1.29 is 4.52 Å². The van der Waals surface area contributed by atoms with Gasteiger partial charge in [0, 0.05) is 19.6 Å². The van der Waals surface area contributed by atoms with Gasteiger partial charge in [-0.1, -0.05) is 25.7 Å². The number of nitrogens with two attached hydrogens (primary N) is 1. The molecular weight excluding hydrogens is 240 g/mol. The summed E-state index contributed by atoms with van der Waals surface area (Å²) in [7, 11) is 0. The van der Waals surface area contributed by atoms with Crippen LogP contribution in [0, 0.1) is 0 Å². The predicted molar refractivity (Wildman–Crippen MR) is 74.2 cm³/mol. The molecule has 0 unspecified atom stereocenters. The summed E-state index contributed by atoms with van der Waals surface area (Å²) in [6.45, 7) is 2.72. The molecule has 0 aromatic carbocycles. The summed E-state index contributed by atoms with van der Waals surface area (Å²) >= 11 is 0. The number of aromatic nitrogens is 2. The Bertz CT molecular complexity index is 403. The second-order valence-corrected chi connectivity index (χ2v) is 5.99. The molecule has 19 heavy (non-hydrogen) atoms. The third kappa shape index (κ3) is 2.48. The summed E-state index contributed by atoms with van der Waals surface area (Å²) in [5, 5.41) is 4.18. The van der Waals surface area contributed by atoms with Crippen LogP contribution in [0.3, 0.4) is 0 Å². The molecule has 0 amide bonds. The first-order chi connectivity index (χ1) is 9.34. The zero-order valence-corrected chi connectivity index (χ0v) is 11.6. The lowest BCUT2D eigenvalue weighted by Crippen LogP contribution is -2.35. The maximum Gasteiger partial charge on any atom is 0.266 e. The van der Waals surface area contributed by atoms with Crippen LogP contribution in [0.15, 0.2) is 4.52 Å². The number of nitrogens with zero attached hydrogens (tertiary/aromatic N) is 3. The van der Waals surface area contributed by atoms with E-state index >= 15 is 0 Å². The Morgan fingerprint density at radius 2 is 1.74 bits per heavy atom. The summed E-state index contributed by atoms with van der Waals surface area (Å²) in [5.74, 6) is 1.54. The van der Waals surface area contributed by atoms with Crippen molar-refractivity contribution in [2.75, 3.05) is 24.5 Å². The lowest BCUT2D eigenvalue weighted by Gasteiger charge is -2.26. The summed E-state index contributed by atoms with van der Waals surface area (Å²) in [6.07, 6.45) is 9.68. The quantitative estimate of drug-likeness (QED) is 0.848. The molecule has 5 heteroatoms. The highest BCUT2D eigenvalue weighted by molar-refractivity contribution is 5.30. The van der Waals surface area contributed by atoms with Crippen LogP contribution in [0.2, 0.25) is 0 Å². The molecule has 1 saturated carbocycles. The maximum absolute atomic E-state index is 6.06. The SMILES string of the molecule is NCC1(c2nc(N3CCCC3)no2)CCCCCC1. The fourth-order valence-electron chi connectivity index (χ4n) is 3.39. The van der Waals surface area contributed by atoms with Crippen molar-refractivity contribution in [2.45, 2.75) is 56.8 Å². The van der Waals surface area contributed by atoms with Gasteiger partial charge in [0.2, 0.25) is 5.89 Å². The molecule has 0 bridgehead atoms. The van der Waals surface area contributed by atoms with Gasteiger partial charge in [-0.25, -0.2) is 0 Å². The zero-order valence-electron chi connectivity index (χ0n) is 11.6. The normalized spacial score (nSPS) is 23.5. The van der Waals surface area contributed by atoms with E-state index < -0.39 is 0 Å². The summed E-state index contributed by atoms with van der Waals surface area (Å²) in [4.78, 5) is 6.88. The second kappa shape index (κ2) is 5.49. The summed E-state index contributed by atoms with van der Waals surface area (Å²) < 4.78 is 5.58. The largest absolute Gasteiger partial charge is 0.338 e. The lowest BCUT2D eigenvalue weighted by atomic mass is 9.80. The van der Waals surface area contributed by atoms with E-state index in [-0.39, 0.29) is 5.41 Å². The zero-order chi connectivity index (χ0) is 13.1. The molecule has 2 fully saturated rings. The molecule has 1 aromatic heterocycles. The maximum atomic E-state index is 6.06. The first kappa shape index (κ1) is 12.9. The minimum absolute atomic E-state index is 0.0680. The van der Waals surface area contributed by atoms with E-state index in [1.165, 1.54) is 38.5 Å². The van der Waals surface area contributed by atoms with Crippen molar-refractivity contribution in [3.05, 3.63) is 5.89 Å². The van der Waals surface area contributed by atoms with Gasteiger partial charge in [-0.05, 0) is 30.8 Å². The minimum Gasteiger partial charge on any atom is -0.338 e. The Labute approximate surface area is 114 Å². The van der Waals surface area contributed by atoms with Gasteiger partial charge in [-0.15, -0.1) is 0 Å². The van der Waals surface area contributed by atoms with Gasteiger partial charge in [0.05, 0.1) is 5.41 Å². The monoisotopic (exact) mass is 264 g/mol. The number of hydrogen-bond acceptors (Lipinski definition) is 5. The highest BCUT2D eigenvalue weighted by atomic mass is 16.5. The van der Waals surface area contributed by atoms with Crippen molar-refractivity contribution in [1.82, 2.24) is 10.1 Å². The number of rotatable bonds is 3. The standard InChI is InChI=1S/C14H24N4O/c15-11-14(7-3-1-2-4-8-14)12-16-13(17-19-12)18-9-5-6-10-18/h1-11,15H2. The van der Waals surface area contributed by atoms with Crippen molar-refractivity contribution in [1.29, 1.82) is 0 Å². The Balaban J connectivity index is 1.82. The van der Waals surface area contributed by atoms with Crippen LogP contribution < -0.4 is 10.6 Å². The van der Waals surface area contributed by atoms with Crippen molar-refractivity contribution in [2.24, 2.45) is 5.73 Å². The van der Waals surface area contributed by atoms with Gasteiger partial charge in [0.15, 0.2) is 0 Å². The highest BCUT2D eigenvalue weighted by Crippen LogP contribution is 2.37. The molecule has 0 radical (unpaired) electrons. The molecule has 2 heterocycles. The number of hydrogen-bond donors (Lipinski definition) is 1. The Hall–Kier alpha value is -1.10. The average Bonchev–Trinajstić information content (AvgIpc) is 3.06. The van der Waals surface area contributed by atoms with Crippen molar-refractivity contribution >= 4 is 5.95 Å². The van der Waals surface area contributed by atoms with E-state index in [0.29, 0.717) is 6.54 Å². The molecule has 106 valence electrons. The highest BCUT2D eigenvalue weighted by Gasteiger charge is 2.37. The Kier molecular flexibility index (Phi) is 3.73. The van der Waals surface area contributed by atoms with E-state index in [2.05, 4.69) is 15.0 Å². The lowest BCUT2D eigenvalue weighted by molar-refractivity contribution is 0.257. The van der Waals surface area contributed by atoms with Gasteiger partial charge in [0.1, 0.15) is 0 Å². The van der Waals surface area contributed by atoms with E-state index in [1.54, 1.807) is 0 Å². The van der Waals surface area contributed by atoms with E-state index in [4.69, 9.17) is 10.3 Å². The van der Waals surface area contributed by atoms with E-state index in [1.807, 2.05) is 0 Å². The van der Waals surface area contributed by atoms with Gasteiger partial charge < -0.3 is 15.2 Å². The van der Waals surface area contributed by atoms with Gasteiger partial charge in [-0.2, -0.15) is 4.98 Å². The molecule has 5 nitrogen and oxygen atoms in total. The molecule has 0 spiro atoms.